The van der Waals surface area contributed by atoms with Crippen LogP contribution >= 0.6 is 0 Å². The van der Waals surface area contributed by atoms with Crippen LogP contribution in [0.15, 0.2) is 29.4 Å². The molecule has 0 bridgehead atoms. The summed E-state index contributed by atoms with van der Waals surface area (Å²) in [6.45, 7) is 4.11. The summed E-state index contributed by atoms with van der Waals surface area (Å²) in [6.07, 6.45) is 1.75. The molecule has 0 radical (unpaired) electrons. The van der Waals surface area contributed by atoms with E-state index >= 15 is 0 Å². The Labute approximate surface area is 137 Å². The van der Waals surface area contributed by atoms with Crippen LogP contribution in [0, 0.1) is 6.92 Å². The van der Waals surface area contributed by atoms with Crippen LogP contribution in [-0.4, -0.2) is 44.6 Å². The van der Waals surface area contributed by atoms with Crippen molar-refractivity contribution in [2.45, 2.75) is 13.5 Å². The van der Waals surface area contributed by atoms with E-state index in [1.807, 2.05) is 17.7 Å². The first-order chi connectivity index (χ1) is 11.6. The van der Waals surface area contributed by atoms with Crippen molar-refractivity contribution in [2.24, 2.45) is 10.7 Å². The van der Waals surface area contributed by atoms with E-state index in [1.54, 1.807) is 18.3 Å². The number of aryl methyl sites for hydroxylation is 1. The minimum Gasteiger partial charge on any atom is -0.370 e. The molecule has 0 fully saturated rings. The van der Waals surface area contributed by atoms with Crippen LogP contribution in [-0.2, 0) is 6.54 Å². The van der Waals surface area contributed by atoms with E-state index in [0.717, 1.165) is 35.5 Å². The Morgan fingerprint density at radius 3 is 2.96 bits per heavy atom. The molecule has 0 spiro atoms. The van der Waals surface area contributed by atoms with E-state index in [4.69, 9.17) is 5.73 Å². The zero-order valence-corrected chi connectivity index (χ0v) is 13.2. The number of hydrogen-bond acceptors (Lipinski definition) is 5. The Morgan fingerprint density at radius 1 is 1.42 bits per heavy atom. The summed E-state index contributed by atoms with van der Waals surface area (Å²) < 4.78 is 1.87. The third-order valence-corrected chi connectivity index (χ3v) is 4.01. The van der Waals surface area contributed by atoms with Crippen molar-refractivity contribution in [3.63, 3.8) is 0 Å². The standard InChI is InChI=1S/C16H17N7O/c1-9-7-20-16(21-9)14-11-6-10(15(17)24)2-3-12(11)23(22-14)8-13-18-4-5-19-13/h2-3,6-7H,4-5,8H2,1H3,(H2,17,24)(H,18,19)(H,20,21). The molecule has 8 nitrogen and oxygen atoms in total. The van der Waals surface area contributed by atoms with Gasteiger partial charge in [-0.15, -0.1) is 0 Å². The van der Waals surface area contributed by atoms with Crippen LogP contribution < -0.4 is 11.1 Å². The molecule has 4 N–H and O–H groups in total. The Bertz CT molecular complexity index is 966. The van der Waals surface area contributed by atoms with Crippen molar-refractivity contribution in [1.29, 1.82) is 0 Å². The molecule has 4 rings (SSSR count). The molecule has 0 atom stereocenters. The van der Waals surface area contributed by atoms with Gasteiger partial charge in [0, 0.05) is 29.4 Å². The average molecular weight is 323 g/mol. The maximum atomic E-state index is 11.5. The van der Waals surface area contributed by atoms with Crippen molar-refractivity contribution in [1.82, 2.24) is 25.1 Å². The fraction of sp³-hybridized carbons (Fsp3) is 0.250. The molecule has 0 aliphatic carbocycles. The predicted octanol–water partition coefficient (Wildman–Crippen LogP) is 0.835. The van der Waals surface area contributed by atoms with Gasteiger partial charge in [0.2, 0.25) is 5.91 Å². The number of amidine groups is 1. The van der Waals surface area contributed by atoms with E-state index in [1.165, 1.54) is 0 Å². The molecule has 0 saturated carbocycles. The number of benzene rings is 1. The van der Waals surface area contributed by atoms with Crippen molar-refractivity contribution in [3.05, 3.63) is 35.7 Å². The smallest absolute Gasteiger partial charge is 0.248 e. The summed E-state index contributed by atoms with van der Waals surface area (Å²) in [7, 11) is 0. The second kappa shape index (κ2) is 5.48. The minimum absolute atomic E-state index is 0.447. The molecule has 3 aromatic rings. The molecule has 0 saturated heterocycles. The lowest BCUT2D eigenvalue weighted by Gasteiger charge is -2.04. The van der Waals surface area contributed by atoms with Gasteiger partial charge in [-0.05, 0) is 25.1 Å². The Morgan fingerprint density at radius 2 is 2.29 bits per heavy atom. The maximum Gasteiger partial charge on any atom is 0.248 e. The van der Waals surface area contributed by atoms with Crippen LogP contribution in [0.1, 0.15) is 16.1 Å². The second-order valence-electron chi connectivity index (χ2n) is 5.77. The van der Waals surface area contributed by atoms with Crippen molar-refractivity contribution in [3.8, 4) is 11.5 Å². The maximum absolute atomic E-state index is 11.5. The van der Waals surface area contributed by atoms with E-state index in [9.17, 15) is 4.79 Å². The fourth-order valence-electron chi connectivity index (χ4n) is 2.86. The van der Waals surface area contributed by atoms with Crippen LogP contribution in [0.25, 0.3) is 22.4 Å². The van der Waals surface area contributed by atoms with Crippen molar-refractivity contribution in [2.75, 3.05) is 13.1 Å². The van der Waals surface area contributed by atoms with E-state index in [2.05, 4.69) is 25.4 Å². The van der Waals surface area contributed by atoms with E-state index in [0.29, 0.717) is 23.6 Å². The van der Waals surface area contributed by atoms with Gasteiger partial charge in [-0.1, -0.05) is 0 Å². The topological polar surface area (TPSA) is 114 Å². The Kier molecular flexibility index (Phi) is 3.30. The fourth-order valence-corrected chi connectivity index (χ4v) is 2.86. The number of aliphatic imine (C=N–C) groups is 1. The first-order valence-corrected chi connectivity index (χ1v) is 7.71. The van der Waals surface area contributed by atoms with Gasteiger partial charge in [0.15, 0.2) is 5.82 Å². The SMILES string of the molecule is Cc1cnc(-c2nn(CC3=NCCN3)c3ccc(C(N)=O)cc23)[nH]1. The predicted molar refractivity (Wildman–Crippen MR) is 90.9 cm³/mol. The molecule has 24 heavy (non-hydrogen) atoms. The van der Waals surface area contributed by atoms with Crippen molar-refractivity contribution >= 4 is 22.6 Å². The number of primary amides is 1. The van der Waals surface area contributed by atoms with Crippen LogP contribution in [0.3, 0.4) is 0 Å². The zero-order chi connectivity index (χ0) is 16.7. The van der Waals surface area contributed by atoms with Gasteiger partial charge in [0.25, 0.3) is 0 Å². The third kappa shape index (κ3) is 2.41. The Hall–Kier alpha value is -3.16. The summed E-state index contributed by atoms with van der Waals surface area (Å²) in [5.74, 6) is 1.10. The van der Waals surface area contributed by atoms with Gasteiger partial charge >= 0.3 is 0 Å². The minimum atomic E-state index is -0.465. The summed E-state index contributed by atoms with van der Waals surface area (Å²) in [5.41, 5.74) is 8.41. The van der Waals surface area contributed by atoms with Gasteiger partial charge in [-0.25, -0.2) is 4.98 Å². The highest BCUT2D eigenvalue weighted by Gasteiger charge is 2.18. The molecule has 8 heteroatoms. The monoisotopic (exact) mass is 323 g/mol. The average Bonchev–Trinajstić information content (AvgIpc) is 3.28. The number of hydrogen-bond donors (Lipinski definition) is 3. The van der Waals surface area contributed by atoms with Crippen LogP contribution in [0.4, 0.5) is 0 Å². The van der Waals surface area contributed by atoms with Gasteiger partial charge in [0.05, 0.1) is 18.6 Å². The van der Waals surface area contributed by atoms with Crippen LogP contribution in [0.2, 0.25) is 0 Å². The molecular weight excluding hydrogens is 306 g/mol. The summed E-state index contributed by atoms with van der Waals surface area (Å²) in [4.78, 5) is 23.5. The number of rotatable bonds is 4. The molecule has 1 aromatic carbocycles. The van der Waals surface area contributed by atoms with E-state index < -0.39 is 5.91 Å². The number of aromatic nitrogens is 4. The van der Waals surface area contributed by atoms with E-state index in [-0.39, 0.29) is 0 Å². The highest BCUT2D eigenvalue weighted by molar-refractivity contribution is 6.00. The second-order valence-corrected chi connectivity index (χ2v) is 5.77. The molecular formula is C16H17N7O. The number of nitrogens with two attached hydrogens (primary N) is 1. The molecule has 1 amide bonds. The normalized spacial score (nSPS) is 14.0. The number of imidazole rings is 1. The number of H-pyrrole nitrogens is 1. The molecule has 1 aliphatic heterocycles. The lowest BCUT2D eigenvalue weighted by atomic mass is 10.1. The number of carbonyl (C=O) groups is 1. The van der Waals surface area contributed by atoms with Crippen LogP contribution in [0.5, 0.6) is 0 Å². The highest BCUT2D eigenvalue weighted by atomic mass is 16.1. The first kappa shape index (κ1) is 14.4. The van der Waals surface area contributed by atoms with Gasteiger partial charge in [-0.2, -0.15) is 5.10 Å². The number of nitrogens with one attached hydrogen (secondary N) is 2. The zero-order valence-electron chi connectivity index (χ0n) is 13.2. The lowest BCUT2D eigenvalue weighted by molar-refractivity contribution is 0.100. The molecule has 122 valence electrons. The quantitative estimate of drug-likeness (QED) is 0.660. The van der Waals surface area contributed by atoms with Gasteiger partial charge in [-0.3, -0.25) is 14.5 Å². The highest BCUT2D eigenvalue weighted by Crippen LogP contribution is 2.27. The molecule has 0 unspecified atom stereocenters. The number of amides is 1. The summed E-state index contributed by atoms with van der Waals surface area (Å²) >= 11 is 0. The summed E-state index contributed by atoms with van der Waals surface area (Å²) in [5, 5.41) is 8.76. The van der Waals surface area contributed by atoms with Gasteiger partial charge in [0.1, 0.15) is 11.5 Å². The van der Waals surface area contributed by atoms with Crippen molar-refractivity contribution < 1.29 is 4.79 Å². The van der Waals surface area contributed by atoms with Gasteiger partial charge < -0.3 is 16.0 Å². The Balaban J connectivity index is 1.88. The molecule has 3 heterocycles. The first-order valence-electron chi connectivity index (χ1n) is 7.71. The third-order valence-electron chi connectivity index (χ3n) is 4.01. The largest absolute Gasteiger partial charge is 0.370 e. The lowest BCUT2D eigenvalue weighted by Crippen LogP contribution is -2.24. The molecule has 1 aliphatic rings. The summed E-state index contributed by atoms with van der Waals surface area (Å²) in [6, 6.07) is 5.33. The molecule has 2 aromatic heterocycles. The number of nitrogens with zero attached hydrogens (tertiary/aromatic N) is 4. The number of fused-ring (bicyclic) bond motifs is 1. The number of carbonyl (C=O) groups excluding carboxylic acids is 1. The number of aromatic amines is 1.